The second-order valence-corrected chi connectivity index (χ2v) is 4.11. The molecule has 0 aliphatic carbocycles. The Bertz CT molecular complexity index is 662. The first kappa shape index (κ1) is 14.6. The molecule has 0 fully saturated rings. The second-order valence-electron chi connectivity index (χ2n) is 4.11. The number of nitrogens with one attached hydrogen (secondary N) is 1. The summed E-state index contributed by atoms with van der Waals surface area (Å²) in [5, 5.41) is 11.7. The molecule has 0 heterocycles. The van der Waals surface area contributed by atoms with Crippen molar-refractivity contribution in [2.75, 3.05) is 11.1 Å². The highest BCUT2D eigenvalue weighted by atomic mass is 19.3. The summed E-state index contributed by atoms with van der Waals surface area (Å²) in [5.74, 6) is -1.16. The number of nitrogen functional groups attached to an aromatic ring is 1. The summed E-state index contributed by atoms with van der Waals surface area (Å²) in [4.78, 5) is 10.9. The molecule has 0 amide bonds. The maximum Gasteiger partial charge on any atom is 0.387 e. The minimum atomic E-state index is -2.94. The van der Waals surface area contributed by atoms with Gasteiger partial charge in [-0.2, -0.15) is 8.78 Å². The predicted molar refractivity (Wildman–Crippen MR) is 74.2 cm³/mol. The van der Waals surface area contributed by atoms with Gasteiger partial charge in [-0.05, 0) is 30.3 Å². The molecule has 0 spiro atoms. The number of para-hydroxylation sites is 2. The van der Waals surface area contributed by atoms with Gasteiger partial charge < -0.3 is 20.9 Å². The molecule has 0 saturated heterocycles. The molecule has 0 aliphatic rings. The first-order chi connectivity index (χ1) is 9.97. The van der Waals surface area contributed by atoms with Crippen molar-refractivity contribution in [1.82, 2.24) is 0 Å². The predicted octanol–water partition coefficient (Wildman–Crippen LogP) is 3.31. The summed E-state index contributed by atoms with van der Waals surface area (Å²) in [6.45, 7) is -2.94. The Hall–Kier alpha value is -2.83. The Morgan fingerprint density at radius 2 is 1.95 bits per heavy atom. The van der Waals surface area contributed by atoms with Crippen LogP contribution in [-0.4, -0.2) is 17.7 Å². The number of hydrogen-bond donors (Lipinski definition) is 3. The third kappa shape index (κ3) is 3.59. The highest BCUT2D eigenvalue weighted by Gasteiger charge is 2.11. The molecule has 2 aromatic carbocycles. The smallest absolute Gasteiger partial charge is 0.387 e. The van der Waals surface area contributed by atoms with Crippen LogP contribution in [0.25, 0.3) is 0 Å². The number of halogens is 2. The van der Waals surface area contributed by atoms with Gasteiger partial charge in [-0.3, -0.25) is 0 Å². The van der Waals surface area contributed by atoms with Crippen molar-refractivity contribution < 1.29 is 23.4 Å². The summed E-state index contributed by atoms with van der Waals surface area (Å²) in [6, 6.07) is 10.4. The summed E-state index contributed by atoms with van der Waals surface area (Å²) in [5.41, 5.74) is 6.44. The number of benzene rings is 2. The van der Waals surface area contributed by atoms with E-state index in [0.29, 0.717) is 11.4 Å². The molecular formula is C14H12F2N2O3. The van der Waals surface area contributed by atoms with Gasteiger partial charge in [-0.25, -0.2) is 4.79 Å². The number of anilines is 3. The molecule has 5 nitrogen and oxygen atoms in total. The lowest BCUT2D eigenvalue weighted by atomic mass is 10.1. The van der Waals surface area contributed by atoms with Crippen LogP contribution in [0.15, 0.2) is 42.5 Å². The quantitative estimate of drug-likeness (QED) is 0.737. The molecule has 0 radical (unpaired) electrons. The summed E-state index contributed by atoms with van der Waals surface area (Å²) < 4.78 is 29.0. The number of nitrogens with two attached hydrogens (primary N) is 1. The van der Waals surface area contributed by atoms with Gasteiger partial charge in [-0.15, -0.1) is 0 Å². The molecule has 0 unspecified atom stereocenters. The van der Waals surface area contributed by atoms with E-state index in [-0.39, 0.29) is 17.0 Å². The van der Waals surface area contributed by atoms with Crippen LogP contribution in [0.2, 0.25) is 0 Å². The first-order valence-corrected chi connectivity index (χ1v) is 5.91. The topological polar surface area (TPSA) is 84.6 Å². The first-order valence-electron chi connectivity index (χ1n) is 5.91. The molecule has 0 bridgehead atoms. The van der Waals surface area contributed by atoms with Crippen LogP contribution in [0.3, 0.4) is 0 Å². The molecule has 2 rings (SSSR count). The number of carbonyl (C=O) groups is 1. The number of hydrogen-bond acceptors (Lipinski definition) is 4. The SMILES string of the molecule is Nc1cc(Nc2ccccc2OC(F)F)ccc1C(=O)O. The third-order valence-electron chi connectivity index (χ3n) is 2.66. The number of rotatable bonds is 5. The van der Waals surface area contributed by atoms with E-state index in [0.717, 1.165) is 0 Å². The molecule has 21 heavy (non-hydrogen) atoms. The molecule has 0 saturated carbocycles. The summed E-state index contributed by atoms with van der Waals surface area (Å²) >= 11 is 0. The van der Waals surface area contributed by atoms with Crippen molar-refractivity contribution in [3.8, 4) is 5.75 Å². The monoisotopic (exact) mass is 294 g/mol. The minimum absolute atomic E-state index is 0.0200. The van der Waals surface area contributed by atoms with Crippen LogP contribution in [0.4, 0.5) is 25.8 Å². The van der Waals surface area contributed by atoms with Crippen LogP contribution in [0.1, 0.15) is 10.4 Å². The largest absolute Gasteiger partial charge is 0.478 e. The molecule has 0 atom stereocenters. The van der Waals surface area contributed by atoms with Gasteiger partial charge in [0, 0.05) is 11.4 Å². The molecule has 110 valence electrons. The molecular weight excluding hydrogens is 282 g/mol. The number of carboxylic acids is 1. The van der Waals surface area contributed by atoms with Crippen molar-refractivity contribution in [3.05, 3.63) is 48.0 Å². The summed E-state index contributed by atoms with van der Waals surface area (Å²) in [6.07, 6.45) is 0. The van der Waals surface area contributed by atoms with Crippen molar-refractivity contribution in [2.24, 2.45) is 0 Å². The van der Waals surface area contributed by atoms with E-state index in [2.05, 4.69) is 10.1 Å². The van der Waals surface area contributed by atoms with Crippen LogP contribution < -0.4 is 15.8 Å². The zero-order valence-corrected chi connectivity index (χ0v) is 10.7. The Morgan fingerprint density at radius 3 is 2.57 bits per heavy atom. The van der Waals surface area contributed by atoms with Crippen molar-refractivity contribution in [1.29, 1.82) is 0 Å². The van der Waals surface area contributed by atoms with E-state index in [1.165, 1.54) is 24.3 Å². The average molecular weight is 294 g/mol. The Balaban J connectivity index is 2.26. The van der Waals surface area contributed by atoms with Crippen molar-refractivity contribution >= 4 is 23.0 Å². The lowest BCUT2D eigenvalue weighted by molar-refractivity contribution is -0.0493. The molecule has 0 aromatic heterocycles. The van der Waals surface area contributed by atoms with E-state index in [9.17, 15) is 13.6 Å². The minimum Gasteiger partial charge on any atom is -0.478 e. The maximum atomic E-state index is 12.3. The van der Waals surface area contributed by atoms with E-state index in [4.69, 9.17) is 10.8 Å². The van der Waals surface area contributed by atoms with Crippen LogP contribution in [0.5, 0.6) is 5.75 Å². The van der Waals surface area contributed by atoms with Gasteiger partial charge in [-0.1, -0.05) is 12.1 Å². The zero-order chi connectivity index (χ0) is 15.4. The highest BCUT2D eigenvalue weighted by Crippen LogP contribution is 2.29. The number of alkyl halides is 2. The fourth-order valence-corrected chi connectivity index (χ4v) is 1.76. The van der Waals surface area contributed by atoms with Gasteiger partial charge in [0.15, 0.2) is 0 Å². The average Bonchev–Trinajstić information content (AvgIpc) is 2.40. The lowest BCUT2D eigenvalue weighted by Crippen LogP contribution is -2.05. The molecule has 7 heteroatoms. The number of ether oxygens (including phenoxy) is 1. The molecule has 2 aromatic rings. The lowest BCUT2D eigenvalue weighted by Gasteiger charge is -2.13. The van der Waals surface area contributed by atoms with Gasteiger partial charge in [0.05, 0.1) is 11.3 Å². The van der Waals surface area contributed by atoms with E-state index >= 15 is 0 Å². The Kier molecular flexibility index (Phi) is 4.22. The molecule has 4 N–H and O–H groups in total. The van der Waals surface area contributed by atoms with E-state index < -0.39 is 12.6 Å². The maximum absolute atomic E-state index is 12.3. The highest BCUT2D eigenvalue weighted by molar-refractivity contribution is 5.94. The van der Waals surface area contributed by atoms with Gasteiger partial charge in [0.1, 0.15) is 5.75 Å². The fraction of sp³-hybridized carbons (Fsp3) is 0.0714. The van der Waals surface area contributed by atoms with Gasteiger partial charge in [0.25, 0.3) is 0 Å². The molecule has 0 aliphatic heterocycles. The van der Waals surface area contributed by atoms with E-state index in [1.807, 2.05) is 0 Å². The Morgan fingerprint density at radius 1 is 1.24 bits per heavy atom. The van der Waals surface area contributed by atoms with Crippen LogP contribution in [-0.2, 0) is 0 Å². The van der Waals surface area contributed by atoms with Crippen LogP contribution >= 0.6 is 0 Å². The standard InChI is InChI=1S/C14H12F2N2O3/c15-14(16)21-12-4-2-1-3-11(12)18-8-5-6-9(13(19)20)10(17)7-8/h1-7,14,18H,17H2,(H,19,20). The van der Waals surface area contributed by atoms with Gasteiger partial charge in [0.2, 0.25) is 0 Å². The second kappa shape index (κ2) is 6.08. The van der Waals surface area contributed by atoms with E-state index in [1.54, 1.807) is 18.2 Å². The van der Waals surface area contributed by atoms with Crippen molar-refractivity contribution in [2.45, 2.75) is 6.61 Å². The Labute approximate surface area is 119 Å². The summed E-state index contributed by atoms with van der Waals surface area (Å²) in [7, 11) is 0. The fourth-order valence-electron chi connectivity index (χ4n) is 1.76. The third-order valence-corrected chi connectivity index (χ3v) is 2.66. The van der Waals surface area contributed by atoms with Crippen molar-refractivity contribution in [3.63, 3.8) is 0 Å². The number of aromatic carboxylic acids is 1. The van der Waals surface area contributed by atoms with Gasteiger partial charge >= 0.3 is 12.6 Å². The zero-order valence-electron chi connectivity index (χ0n) is 10.7. The van der Waals surface area contributed by atoms with Crippen LogP contribution in [0, 0.1) is 0 Å². The normalized spacial score (nSPS) is 10.4. The number of carboxylic acid groups (broad SMARTS) is 1.